The van der Waals surface area contributed by atoms with E-state index in [1.807, 2.05) is 24.3 Å². The Morgan fingerprint density at radius 3 is 2.13 bits per heavy atom. The molecule has 0 radical (unpaired) electrons. The number of fused-ring (bicyclic) bond motifs is 1. The number of methoxy groups -OCH3 is 1. The Bertz CT molecular complexity index is 891. The molecular weight excluding hydrogens is 372 g/mol. The van der Waals surface area contributed by atoms with Crippen molar-refractivity contribution in [3.05, 3.63) is 64.2 Å². The first-order valence-electron chi connectivity index (χ1n) is 11.2. The SMILES string of the molecule is CCCCOc1cc2c(cc1Cc1ccc(C(=O)OC)cc1)C(C)(C)CCC2(C)C. The van der Waals surface area contributed by atoms with E-state index in [2.05, 4.69) is 46.8 Å². The lowest BCUT2D eigenvalue weighted by Gasteiger charge is -2.42. The van der Waals surface area contributed by atoms with Gasteiger partial charge in [0.05, 0.1) is 19.3 Å². The molecule has 0 bridgehead atoms. The van der Waals surface area contributed by atoms with Crippen molar-refractivity contribution in [2.75, 3.05) is 13.7 Å². The molecular formula is C27H36O3. The van der Waals surface area contributed by atoms with Crippen LogP contribution in [0, 0.1) is 0 Å². The molecule has 0 heterocycles. The van der Waals surface area contributed by atoms with Crippen LogP contribution in [0.3, 0.4) is 0 Å². The first-order valence-corrected chi connectivity index (χ1v) is 11.2. The zero-order valence-corrected chi connectivity index (χ0v) is 19.4. The quantitative estimate of drug-likeness (QED) is 0.383. The van der Waals surface area contributed by atoms with Gasteiger partial charge in [-0.15, -0.1) is 0 Å². The summed E-state index contributed by atoms with van der Waals surface area (Å²) in [6, 6.07) is 12.4. The van der Waals surface area contributed by atoms with E-state index in [4.69, 9.17) is 9.47 Å². The topological polar surface area (TPSA) is 35.5 Å². The monoisotopic (exact) mass is 408 g/mol. The summed E-state index contributed by atoms with van der Waals surface area (Å²) in [6.07, 6.45) is 5.34. The second-order valence-electron chi connectivity index (χ2n) is 9.84. The van der Waals surface area contributed by atoms with Crippen LogP contribution in [0.1, 0.15) is 92.9 Å². The number of ether oxygens (including phenoxy) is 2. The molecule has 0 amide bonds. The summed E-state index contributed by atoms with van der Waals surface area (Å²) in [6.45, 7) is 12.3. The minimum atomic E-state index is -0.303. The van der Waals surface area contributed by atoms with Crippen molar-refractivity contribution in [1.82, 2.24) is 0 Å². The second-order valence-corrected chi connectivity index (χ2v) is 9.84. The fraction of sp³-hybridized carbons (Fsp3) is 0.519. The second kappa shape index (κ2) is 8.83. The summed E-state index contributed by atoms with van der Waals surface area (Å²) in [7, 11) is 1.41. The van der Waals surface area contributed by atoms with Gasteiger partial charge in [0.1, 0.15) is 5.75 Å². The van der Waals surface area contributed by atoms with Gasteiger partial charge in [-0.05, 0) is 70.5 Å². The summed E-state index contributed by atoms with van der Waals surface area (Å²) >= 11 is 0. The fourth-order valence-corrected chi connectivity index (χ4v) is 4.33. The first kappa shape index (κ1) is 22.4. The van der Waals surface area contributed by atoms with Crippen molar-refractivity contribution < 1.29 is 14.3 Å². The molecule has 3 rings (SSSR count). The van der Waals surface area contributed by atoms with E-state index < -0.39 is 0 Å². The zero-order chi connectivity index (χ0) is 21.9. The van der Waals surface area contributed by atoms with E-state index in [0.717, 1.165) is 37.2 Å². The standard InChI is InChI=1S/C27H36O3/c1-7-8-15-30-24-18-23-22(26(2,3)13-14-27(23,4)5)17-21(24)16-19-9-11-20(12-10-19)25(28)29-6/h9-12,17-18H,7-8,13-16H2,1-6H3. The summed E-state index contributed by atoms with van der Waals surface area (Å²) in [5.74, 6) is 0.702. The van der Waals surface area contributed by atoms with E-state index in [1.54, 1.807) is 0 Å². The highest BCUT2D eigenvalue weighted by atomic mass is 16.5. The summed E-state index contributed by atoms with van der Waals surface area (Å²) in [4.78, 5) is 11.7. The maximum Gasteiger partial charge on any atom is 0.337 e. The predicted molar refractivity (Wildman–Crippen MR) is 123 cm³/mol. The van der Waals surface area contributed by atoms with Gasteiger partial charge in [-0.25, -0.2) is 4.79 Å². The number of rotatable bonds is 7. The van der Waals surface area contributed by atoms with Gasteiger partial charge >= 0.3 is 5.97 Å². The van der Waals surface area contributed by atoms with Gasteiger partial charge in [-0.1, -0.05) is 59.2 Å². The maximum atomic E-state index is 11.7. The van der Waals surface area contributed by atoms with Gasteiger partial charge in [0.15, 0.2) is 0 Å². The minimum absolute atomic E-state index is 0.161. The van der Waals surface area contributed by atoms with Crippen LogP contribution in [-0.2, 0) is 22.0 Å². The summed E-state index contributed by atoms with van der Waals surface area (Å²) in [5, 5.41) is 0. The number of esters is 1. The van der Waals surface area contributed by atoms with Crippen LogP contribution >= 0.6 is 0 Å². The molecule has 0 aromatic heterocycles. The molecule has 0 spiro atoms. The van der Waals surface area contributed by atoms with Gasteiger partial charge in [-0.3, -0.25) is 0 Å². The van der Waals surface area contributed by atoms with Crippen LogP contribution < -0.4 is 4.74 Å². The Kier molecular flexibility index (Phi) is 6.59. The molecule has 30 heavy (non-hydrogen) atoms. The third-order valence-corrected chi connectivity index (χ3v) is 6.56. The van der Waals surface area contributed by atoms with Crippen LogP contribution in [0.2, 0.25) is 0 Å². The molecule has 1 aliphatic rings. The number of carbonyl (C=O) groups is 1. The Hall–Kier alpha value is -2.29. The summed E-state index contributed by atoms with van der Waals surface area (Å²) < 4.78 is 11.1. The Morgan fingerprint density at radius 1 is 0.967 bits per heavy atom. The molecule has 0 N–H and O–H groups in total. The van der Waals surface area contributed by atoms with Gasteiger partial charge in [0.25, 0.3) is 0 Å². The molecule has 0 unspecified atom stereocenters. The molecule has 0 aliphatic heterocycles. The van der Waals surface area contributed by atoms with Crippen molar-refractivity contribution in [3.8, 4) is 5.75 Å². The smallest absolute Gasteiger partial charge is 0.337 e. The number of hydrogen-bond acceptors (Lipinski definition) is 3. The fourth-order valence-electron chi connectivity index (χ4n) is 4.33. The van der Waals surface area contributed by atoms with Crippen molar-refractivity contribution >= 4 is 5.97 Å². The molecule has 0 saturated heterocycles. The normalized spacial score (nSPS) is 16.6. The van der Waals surface area contributed by atoms with Gasteiger partial charge in [-0.2, -0.15) is 0 Å². The van der Waals surface area contributed by atoms with E-state index >= 15 is 0 Å². The molecule has 0 atom stereocenters. The van der Waals surface area contributed by atoms with Crippen molar-refractivity contribution in [2.24, 2.45) is 0 Å². The first-order chi connectivity index (χ1) is 14.2. The van der Waals surface area contributed by atoms with Crippen LogP contribution in [0.5, 0.6) is 5.75 Å². The van der Waals surface area contributed by atoms with E-state index in [-0.39, 0.29) is 16.8 Å². The Morgan fingerprint density at radius 2 is 1.57 bits per heavy atom. The van der Waals surface area contributed by atoms with Crippen LogP contribution in [0.4, 0.5) is 0 Å². The molecule has 3 nitrogen and oxygen atoms in total. The number of unbranched alkanes of at least 4 members (excludes halogenated alkanes) is 1. The van der Waals surface area contributed by atoms with Gasteiger partial charge in [0, 0.05) is 6.42 Å². The maximum absolute atomic E-state index is 11.7. The Labute approximate surface area is 181 Å². The van der Waals surface area contributed by atoms with E-state index in [1.165, 1.54) is 36.6 Å². The molecule has 3 heteroatoms. The third kappa shape index (κ3) is 4.71. The van der Waals surface area contributed by atoms with E-state index in [9.17, 15) is 4.79 Å². The average molecular weight is 409 g/mol. The van der Waals surface area contributed by atoms with Crippen LogP contribution in [-0.4, -0.2) is 19.7 Å². The average Bonchev–Trinajstić information content (AvgIpc) is 2.72. The van der Waals surface area contributed by atoms with Crippen molar-refractivity contribution in [2.45, 2.75) is 77.6 Å². The number of carbonyl (C=O) groups excluding carboxylic acids is 1. The molecule has 2 aromatic rings. The highest BCUT2D eigenvalue weighted by molar-refractivity contribution is 5.89. The highest BCUT2D eigenvalue weighted by Crippen LogP contribution is 2.48. The Balaban J connectivity index is 2.00. The van der Waals surface area contributed by atoms with Gasteiger partial charge < -0.3 is 9.47 Å². The zero-order valence-electron chi connectivity index (χ0n) is 19.4. The largest absolute Gasteiger partial charge is 0.493 e. The third-order valence-electron chi connectivity index (χ3n) is 6.56. The van der Waals surface area contributed by atoms with E-state index in [0.29, 0.717) is 5.56 Å². The lowest BCUT2D eigenvalue weighted by molar-refractivity contribution is 0.0600. The summed E-state index contributed by atoms with van der Waals surface area (Å²) in [5.41, 5.74) is 6.16. The number of hydrogen-bond donors (Lipinski definition) is 0. The molecule has 2 aromatic carbocycles. The van der Waals surface area contributed by atoms with Crippen molar-refractivity contribution in [3.63, 3.8) is 0 Å². The van der Waals surface area contributed by atoms with Gasteiger partial charge in [0.2, 0.25) is 0 Å². The minimum Gasteiger partial charge on any atom is -0.493 e. The highest BCUT2D eigenvalue weighted by Gasteiger charge is 2.37. The van der Waals surface area contributed by atoms with Crippen LogP contribution in [0.15, 0.2) is 36.4 Å². The lowest BCUT2D eigenvalue weighted by atomic mass is 9.63. The molecule has 0 fully saturated rings. The lowest BCUT2D eigenvalue weighted by Crippen LogP contribution is -2.34. The predicted octanol–water partition coefficient (Wildman–Crippen LogP) is 6.59. The molecule has 0 saturated carbocycles. The van der Waals surface area contributed by atoms with Crippen molar-refractivity contribution in [1.29, 1.82) is 0 Å². The molecule has 1 aliphatic carbocycles. The number of benzene rings is 2. The van der Waals surface area contributed by atoms with Crippen LogP contribution in [0.25, 0.3) is 0 Å². The molecule has 162 valence electrons.